The van der Waals surface area contributed by atoms with Crippen LogP contribution in [0.3, 0.4) is 0 Å². The number of hydrogen-bond acceptors (Lipinski definition) is 2. The van der Waals surface area contributed by atoms with Crippen molar-refractivity contribution in [2.45, 2.75) is 23.1 Å². The molecule has 0 saturated carbocycles. The topological polar surface area (TPSA) is 26.0 Å². The first-order valence-electron chi connectivity index (χ1n) is 5.93. The smallest absolute Gasteiger partial charge is 0.137 e. The van der Waals surface area contributed by atoms with Gasteiger partial charge < -0.3 is 5.73 Å². The summed E-state index contributed by atoms with van der Waals surface area (Å²) in [7, 11) is 0. The van der Waals surface area contributed by atoms with Crippen molar-refractivity contribution < 1.29 is 4.39 Å². The van der Waals surface area contributed by atoms with Crippen LogP contribution in [0.2, 0.25) is 0 Å². The van der Waals surface area contributed by atoms with Crippen LogP contribution in [0.5, 0.6) is 0 Å². The Morgan fingerprint density at radius 2 is 1.89 bits per heavy atom. The van der Waals surface area contributed by atoms with Gasteiger partial charge in [-0.1, -0.05) is 42.1 Å². The second kappa shape index (κ2) is 6.03. The average Bonchev–Trinajstić information content (AvgIpc) is 2.36. The quantitative estimate of drug-likeness (QED) is 0.906. The highest BCUT2D eigenvalue weighted by atomic mass is 32.2. The molecule has 94 valence electrons. The first-order chi connectivity index (χ1) is 8.72. The Kier molecular flexibility index (Phi) is 4.39. The molecule has 18 heavy (non-hydrogen) atoms. The molecule has 1 nitrogen and oxygen atoms in total. The van der Waals surface area contributed by atoms with Gasteiger partial charge in [0.05, 0.1) is 4.90 Å². The zero-order chi connectivity index (χ0) is 13.0. The number of aryl methyl sites for hydroxylation is 1. The van der Waals surface area contributed by atoms with Crippen molar-refractivity contribution in [3.05, 3.63) is 59.4 Å². The van der Waals surface area contributed by atoms with Crippen LogP contribution >= 0.6 is 11.8 Å². The minimum absolute atomic E-state index is 0.172. The predicted molar refractivity (Wildman–Crippen MR) is 74.5 cm³/mol. The molecule has 3 heteroatoms. The summed E-state index contributed by atoms with van der Waals surface area (Å²) in [5.74, 6) is -0.172. The molecular formula is C15H16FNS. The number of hydrogen-bond donors (Lipinski definition) is 1. The van der Waals surface area contributed by atoms with E-state index >= 15 is 0 Å². The van der Waals surface area contributed by atoms with Gasteiger partial charge in [-0.05, 0) is 43.1 Å². The van der Waals surface area contributed by atoms with E-state index in [1.54, 1.807) is 6.07 Å². The maximum absolute atomic E-state index is 13.9. The van der Waals surface area contributed by atoms with Gasteiger partial charge in [-0.2, -0.15) is 0 Å². The standard InChI is InChI=1S/C15H16FNS/c1-11-5-2-3-8-14(11)18-15-12(9-10-17)6-4-7-13(15)16/h2-8H,9-10,17H2,1H3. The fraction of sp³-hybridized carbons (Fsp3) is 0.200. The summed E-state index contributed by atoms with van der Waals surface area (Å²) in [4.78, 5) is 1.78. The average molecular weight is 261 g/mol. The summed E-state index contributed by atoms with van der Waals surface area (Å²) < 4.78 is 13.9. The Hall–Kier alpha value is -1.32. The Bertz CT molecular complexity index is 540. The number of halogens is 1. The molecule has 2 rings (SSSR count). The molecule has 2 aromatic rings. The van der Waals surface area contributed by atoms with Crippen LogP contribution in [0.1, 0.15) is 11.1 Å². The molecule has 0 atom stereocenters. The molecule has 2 aromatic carbocycles. The van der Waals surface area contributed by atoms with Gasteiger partial charge >= 0.3 is 0 Å². The SMILES string of the molecule is Cc1ccccc1Sc1c(F)cccc1CCN. The van der Waals surface area contributed by atoms with Crippen LogP contribution in [-0.4, -0.2) is 6.54 Å². The van der Waals surface area contributed by atoms with E-state index < -0.39 is 0 Å². The van der Waals surface area contributed by atoms with Crippen LogP contribution in [0.4, 0.5) is 4.39 Å². The lowest BCUT2D eigenvalue weighted by Crippen LogP contribution is -2.04. The van der Waals surface area contributed by atoms with Gasteiger partial charge in [-0.3, -0.25) is 0 Å². The minimum Gasteiger partial charge on any atom is -0.330 e. The molecule has 0 unspecified atom stereocenters. The van der Waals surface area contributed by atoms with Crippen molar-refractivity contribution in [2.24, 2.45) is 5.73 Å². The van der Waals surface area contributed by atoms with Gasteiger partial charge in [0.2, 0.25) is 0 Å². The Balaban J connectivity index is 2.36. The molecule has 0 aliphatic heterocycles. The lowest BCUT2D eigenvalue weighted by atomic mass is 10.1. The van der Waals surface area contributed by atoms with Gasteiger partial charge in [0.15, 0.2) is 0 Å². The minimum atomic E-state index is -0.172. The fourth-order valence-corrected chi connectivity index (χ4v) is 2.86. The number of benzene rings is 2. The molecule has 0 spiro atoms. The highest BCUT2D eigenvalue weighted by molar-refractivity contribution is 7.99. The van der Waals surface area contributed by atoms with Crippen LogP contribution in [0.15, 0.2) is 52.3 Å². The molecule has 0 heterocycles. The number of rotatable bonds is 4. The number of nitrogens with two attached hydrogens (primary N) is 1. The van der Waals surface area contributed by atoms with Gasteiger partial charge in [-0.15, -0.1) is 0 Å². The van der Waals surface area contributed by atoms with E-state index in [9.17, 15) is 4.39 Å². The first kappa shape index (κ1) is 13.1. The van der Waals surface area contributed by atoms with E-state index in [0.29, 0.717) is 17.9 Å². The third kappa shape index (κ3) is 2.92. The highest BCUT2D eigenvalue weighted by Crippen LogP contribution is 2.34. The van der Waals surface area contributed by atoms with Crippen molar-refractivity contribution in [1.29, 1.82) is 0 Å². The van der Waals surface area contributed by atoms with E-state index in [1.807, 2.05) is 37.3 Å². The van der Waals surface area contributed by atoms with Crippen LogP contribution < -0.4 is 5.73 Å². The summed E-state index contributed by atoms with van der Waals surface area (Å²) in [5.41, 5.74) is 7.71. The lowest BCUT2D eigenvalue weighted by Gasteiger charge is -2.11. The molecular weight excluding hydrogens is 245 g/mol. The summed E-state index contributed by atoms with van der Waals surface area (Å²) in [6.07, 6.45) is 0.700. The summed E-state index contributed by atoms with van der Waals surface area (Å²) in [6.45, 7) is 2.57. The van der Waals surface area contributed by atoms with Gasteiger partial charge in [0, 0.05) is 4.90 Å². The summed E-state index contributed by atoms with van der Waals surface area (Å²) in [6, 6.07) is 13.2. The Morgan fingerprint density at radius 3 is 2.61 bits per heavy atom. The van der Waals surface area contributed by atoms with Crippen LogP contribution in [-0.2, 0) is 6.42 Å². The van der Waals surface area contributed by atoms with E-state index in [1.165, 1.54) is 17.8 Å². The molecule has 0 aliphatic rings. The molecule has 0 fully saturated rings. The Morgan fingerprint density at radius 1 is 1.11 bits per heavy atom. The van der Waals surface area contributed by atoms with E-state index in [4.69, 9.17) is 5.73 Å². The highest BCUT2D eigenvalue weighted by Gasteiger charge is 2.10. The second-order valence-electron chi connectivity index (χ2n) is 4.13. The van der Waals surface area contributed by atoms with Crippen molar-refractivity contribution in [1.82, 2.24) is 0 Å². The Labute approximate surface area is 111 Å². The van der Waals surface area contributed by atoms with Gasteiger partial charge in [-0.25, -0.2) is 4.39 Å². The van der Waals surface area contributed by atoms with Crippen molar-refractivity contribution in [2.75, 3.05) is 6.54 Å². The predicted octanol–water partition coefficient (Wildman–Crippen LogP) is 3.79. The van der Waals surface area contributed by atoms with E-state index in [0.717, 1.165) is 16.0 Å². The second-order valence-corrected chi connectivity index (χ2v) is 5.19. The molecule has 2 N–H and O–H groups in total. The van der Waals surface area contributed by atoms with Crippen molar-refractivity contribution in [3.63, 3.8) is 0 Å². The van der Waals surface area contributed by atoms with E-state index in [-0.39, 0.29) is 5.82 Å². The van der Waals surface area contributed by atoms with Gasteiger partial charge in [0.1, 0.15) is 5.82 Å². The van der Waals surface area contributed by atoms with Gasteiger partial charge in [0.25, 0.3) is 0 Å². The molecule has 0 saturated heterocycles. The molecule has 0 amide bonds. The fourth-order valence-electron chi connectivity index (χ4n) is 1.80. The van der Waals surface area contributed by atoms with E-state index in [2.05, 4.69) is 0 Å². The van der Waals surface area contributed by atoms with Crippen molar-refractivity contribution >= 4 is 11.8 Å². The zero-order valence-corrected chi connectivity index (χ0v) is 11.1. The largest absolute Gasteiger partial charge is 0.330 e. The third-order valence-corrected chi connectivity index (χ3v) is 4.11. The zero-order valence-electron chi connectivity index (χ0n) is 10.3. The third-order valence-electron chi connectivity index (χ3n) is 2.77. The normalized spacial score (nSPS) is 10.6. The van der Waals surface area contributed by atoms with Crippen molar-refractivity contribution in [3.8, 4) is 0 Å². The monoisotopic (exact) mass is 261 g/mol. The molecule has 0 aliphatic carbocycles. The lowest BCUT2D eigenvalue weighted by molar-refractivity contribution is 0.597. The molecule has 0 bridgehead atoms. The molecule has 0 aromatic heterocycles. The summed E-state index contributed by atoms with van der Waals surface area (Å²) in [5, 5.41) is 0. The van der Waals surface area contributed by atoms with Crippen LogP contribution in [0, 0.1) is 12.7 Å². The van der Waals surface area contributed by atoms with Crippen LogP contribution in [0.25, 0.3) is 0 Å². The summed E-state index contributed by atoms with van der Waals surface area (Å²) >= 11 is 1.48. The maximum Gasteiger partial charge on any atom is 0.137 e. The maximum atomic E-state index is 13.9. The first-order valence-corrected chi connectivity index (χ1v) is 6.75. The molecule has 0 radical (unpaired) electrons.